The highest BCUT2D eigenvalue weighted by Gasteiger charge is 2.18. The van der Waals surface area contributed by atoms with Crippen molar-refractivity contribution in [3.63, 3.8) is 0 Å². The van der Waals surface area contributed by atoms with Crippen molar-refractivity contribution < 1.29 is 10.3 Å². The Labute approximate surface area is 133 Å². The maximum atomic E-state index is 9.06. The third kappa shape index (κ3) is 4.09. The molecule has 0 bridgehead atoms. The lowest BCUT2D eigenvalue weighted by atomic mass is 10.1. The van der Waals surface area contributed by atoms with E-state index in [2.05, 4.69) is 30.9 Å². The van der Waals surface area contributed by atoms with Crippen LogP contribution >= 0.6 is 15.9 Å². The summed E-state index contributed by atoms with van der Waals surface area (Å²) in [7, 11) is 0. The zero-order valence-electron chi connectivity index (χ0n) is 11.9. The number of hydrogen-bond donors (Lipinski definition) is 3. The smallest absolute Gasteiger partial charge is 0.172 e. The summed E-state index contributed by atoms with van der Waals surface area (Å²) in [6.45, 7) is 4.52. The number of hydrogen-bond acceptors (Lipinski definition) is 5. The highest BCUT2D eigenvalue weighted by atomic mass is 79.9. The van der Waals surface area contributed by atoms with Crippen LogP contribution in [0, 0.1) is 0 Å². The second-order valence-corrected chi connectivity index (χ2v) is 5.97. The molecule has 1 aromatic rings. The Morgan fingerprint density at radius 3 is 2.81 bits per heavy atom. The Hall–Kier alpha value is -1.31. The molecule has 0 atom stereocenters. The number of nitrogens with zero attached hydrogens (tertiary/aromatic N) is 3. The predicted octanol–water partition coefficient (Wildman–Crippen LogP) is 1.05. The van der Waals surface area contributed by atoms with Crippen molar-refractivity contribution in [2.75, 3.05) is 44.2 Å². The van der Waals surface area contributed by atoms with E-state index in [1.807, 2.05) is 18.2 Å². The molecule has 0 saturated carbocycles. The molecular formula is C14H21BrN4O2. The number of rotatable bonds is 4. The van der Waals surface area contributed by atoms with Gasteiger partial charge in [-0.3, -0.25) is 4.90 Å². The van der Waals surface area contributed by atoms with Crippen LogP contribution in [0.5, 0.6) is 0 Å². The number of nitrogens with two attached hydrogens (primary N) is 1. The molecule has 0 spiro atoms. The first-order valence-corrected chi connectivity index (χ1v) is 7.80. The Morgan fingerprint density at radius 2 is 2.10 bits per heavy atom. The Kier molecular flexibility index (Phi) is 5.84. The van der Waals surface area contributed by atoms with E-state index in [1.54, 1.807) is 0 Å². The highest BCUT2D eigenvalue weighted by Crippen LogP contribution is 2.26. The van der Waals surface area contributed by atoms with Gasteiger partial charge in [0.15, 0.2) is 5.84 Å². The first-order valence-electron chi connectivity index (χ1n) is 7.01. The molecule has 0 aliphatic carbocycles. The zero-order valence-corrected chi connectivity index (χ0v) is 13.5. The fourth-order valence-electron chi connectivity index (χ4n) is 2.61. The molecule has 1 heterocycles. The molecule has 1 aliphatic heterocycles. The van der Waals surface area contributed by atoms with Crippen molar-refractivity contribution in [2.24, 2.45) is 10.9 Å². The lowest BCUT2D eigenvalue weighted by Gasteiger charge is -2.25. The van der Waals surface area contributed by atoms with Crippen molar-refractivity contribution in [1.82, 2.24) is 4.90 Å². The summed E-state index contributed by atoms with van der Waals surface area (Å²) in [5.41, 5.74) is 7.48. The van der Waals surface area contributed by atoms with Gasteiger partial charge >= 0.3 is 0 Å². The van der Waals surface area contributed by atoms with Crippen LogP contribution < -0.4 is 10.6 Å². The molecule has 0 aromatic heterocycles. The molecule has 2 rings (SSSR count). The van der Waals surface area contributed by atoms with Crippen molar-refractivity contribution >= 4 is 27.5 Å². The minimum Gasteiger partial charge on any atom is -0.409 e. The van der Waals surface area contributed by atoms with Gasteiger partial charge in [-0.2, -0.15) is 0 Å². The Morgan fingerprint density at radius 1 is 1.29 bits per heavy atom. The van der Waals surface area contributed by atoms with E-state index >= 15 is 0 Å². The monoisotopic (exact) mass is 356 g/mol. The quantitative estimate of drug-likeness (QED) is 0.325. The molecular weight excluding hydrogens is 336 g/mol. The summed E-state index contributed by atoms with van der Waals surface area (Å²) in [6.07, 6.45) is 1.02. The van der Waals surface area contributed by atoms with Gasteiger partial charge in [0.25, 0.3) is 0 Å². The van der Waals surface area contributed by atoms with E-state index in [9.17, 15) is 0 Å². The van der Waals surface area contributed by atoms with E-state index in [4.69, 9.17) is 16.0 Å². The van der Waals surface area contributed by atoms with Gasteiger partial charge in [0, 0.05) is 41.9 Å². The number of aliphatic hydroxyl groups is 1. The number of benzene rings is 1. The highest BCUT2D eigenvalue weighted by molar-refractivity contribution is 9.10. The number of oxime groups is 1. The van der Waals surface area contributed by atoms with Gasteiger partial charge in [-0.25, -0.2) is 0 Å². The van der Waals surface area contributed by atoms with Gasteiger partial charge in [-0.05, 0) is 31.2 Å². The van der Waals surface area contributed by atoms with Crippen LogP contribution in [0.2, 0.25) is 0 Å². The Balaban J connectivity index is 2.22. The first-order chi connectivity index (χ1) is 10.2. The summed E-state index contributed by atoms with van der Waals surface area (Å²) < 4.78 is 0.962. The third-order valence-electron chi connectivity index (χ3n) is 3.69. The van der Waals surface area contributed by atoms with Gasteiger partial charge in [0.1, 0.15) is 0 Å². The van der Waals surface area contributed by atoms with Gasteiger partial charge in [-0.15, -0.1) is 0 Å². The number of β-amino-alcohol motifs (C(OH)–C–C–N with tert-alkyl or cyclic N) is 1. The molecule has 0 amide bonds. The molecule has 6 nitrogen and oxygen atoms in total. The molecule has 1 fully saturated rings. The van der Waals surface area contributed by atoms with Crippen molar-refractivity contribution in [2.45, 2.75) is 6.42 Å². The second kappa shape index (κ2) is 7.63. The number of anilines is 1. The van der Waals surface area contributed by atoms with Gasteiger partial charge in [0.05, 0.1) is 6.61 Å². The molecule has 21 heavy (non-hydrogen) atoms. The van der Waals surface area contributed by atoms with Crippen LogP contribution in [-0.4, -0.2) is 60.4 Å². The standard InChI is InChI=1S/C14H21BrN4O2/c15-11-2-3-12(14(16)17-21)13(10-11)19-5-1-4-18(6-7-19)8-9-20/h2-3,10,20-21H,1,4-9H2,(H2,16,17). The molecule has 1 saturated heterocycles. The van der Waals surface area contributed by atoms with Crippen molar-refractivity contribution in [3.8, 4) is 0 Å². The molecule has 116 valence electrons. The van der Waals surface area contributed by atoms with E-state index < -0.39 is 0 Å². The summed E-state index contributed by atoms with van der Waals surface area (Å²) >= 11 is 3.48. The number of amidine groups is 1. The van der Waals surface area contributed by atoms with E-state index in [1.165, 1.54) is 0 Å². The molecule has 1 aromatic carbocycles. The van der Waals surface area contributed by atoms with Crippen LogP contribution in [0.1, 0.15) is 12.0 Å². The second-order valence-electron chi connectivity index (χ2n) is 5.05. The minimum absolute atomic E-state index is 0.119. The SMILES string of the molecule is N/C(=N/O)c1ccc(Br)cc1N1CCCN(CCO)CC1. The summed E-state index contributed by atoms with van der Waals surface area (Å²) in [5, 5.41) is 21.1. The summed E-state index contributed by atoms with van der Waals surface area (Å²) in [6, 6.07) is 5.73. The van der Waals surface area contributed by atoms with Crippen LogP contribution in [0.3, 0.4) is 0 Å². The van der Waals surface area contributed by atoms with E-state index in [0.29, 0.717) is 6.54 Å². The third-order valence-corrected chi connectivity index (χ3v) is 4.18. The predicted molar refractivity (Wildman–Crippen MR) is 87.0 cm³/mol. The van der Waals surface area contributed by atoms with Crippen molar-refractivity contribution in [3.05, 3.63) is 28.2 Å². The first kappa shape index (κ1) is 16.1. The van der Waals surface area contributed by atoms with Gasteiger partial charge in [-0.1, -0.05) is 21.1 Å². The van der Waals surface area contributed by atoms with Crippen LogP contribution in [0.15, 0.2) is 27.8 Å². The fourth-order valence-corrected chi connectivity index (χ4v) is 2.96. The zero-order chi connectivity index (χ0) is 15.2. The molecule has 0 unspecified atom stereocenters. The summed E-state index contributed by atoms with van der Waals surface area (Å²) in [4.78, 5) is 4.50. The van der Waals surface area contributed by atoms with E-state index in [-0.39, 0.29) is 12.4 Å². The lowest BCUT2D eigenvalue weighted by Crippen LogP contribution is -2.33. The van der Waals surface area contributed by atoms with Crippen LogP contribution in [0.25, 0.3) is 0 Å². The summed E-state index contributed by atoms with van der Waals surface area (Å²) in [5.74, 6) is 0.119. The molecule has 7 heteroatoms. The van der Waals surface area contributed by atoms with Crippen molar-refractivity contribution in [1.29, 1.82) is 0 Å². The van der Waals surface area contributed by atoms with Crippen LogP contribution in [-0.2, 0) is 0 Å². The maximum Gasteiger partial charge on any atom is 0.172 e. The number of halogens is 1. The fraction of sp³-hybridized carbons (Fsp3) is 0.500. The average Bonchev–Trinajstić information content (AvgIpc) is 2.72. The van der Waals surface area contributed by atoms with Gasteiger partial charge in [0.2, 0.25) is 0 Å². The Bertz CT molecular complexity index is 510. The molecule has 4 N–H and O–H groups in total. The van der Waals surface area contributed by atoms with Gasteiger partial charge < -0.3 is 20.9 Å². The topological polar surface area (TPSA) is 85.3 Å². The largest absolute Gasteiger partial charge is 0.409 e. The van der Waals surface area contributed by atoms with Crippen LogP contribution in [0.4, 0.5) is 5.69 Å². The minimum atomic E-state index is 0.119. The van der Waals surface area contributed by atoms with E-state index in [0.717, 1.165) is 48.3 Å². The molecule has 0 radical (unpaired) electrons. The number of aliphatic hydroxyl groups excluding tert-OH is 1. The average molecular weight is 357 g/mol. The normalized spacial score (nSPS) is 17.8. The maximum absolute atomic E-state index is 9.06. The lowest BCUT2D eigenvalue weighted by molar-refractivity contribution is 0.204. The molecule has 1 aliphatic rings.